The number of likely N-dealkylation sites (N-methyl/N-ethyl adjacent to an activating group) is 2. The minimum absolute atomic E-state index is 0.0667. The largest absolute Gasteiger partial charge is 0.443 e. The van der Waals surface area contributed by atoms with Crippen LogP contribution < -0.4 is 22.1 Å². The van der Waals surface area contributed by atoms with Crippen molar-refractivity contribution in [1.29, 1.82) is 0 Å². The second kappa shape index (κ2) is 13.8. The molecule has 14 nitrogen and oxygen atoms in total. The van der Waals surface area contributed by atoms with Gasteiger partial charge in [0.15, 0.2) is 12.5 Å². The summed E-state index contributed by atoms with van der Waals surface area (Å²) in [6, 6.07) is 12.1. The first-order chi connectivity index (χ1) is 23.0. The number of benzene rings is 2. The maximum absolute atomic E-state index is 12.4. The van der Waals surface area contributed by atoms with Gasteiger partial charge in [0.2, 0.25) is 0 Å². The second-order valence-electron chi connectivity index (χ2n) is 12.4. The number of fused-ring (bicyclic) bond motifs is 2. The van der Waals surface area contributed by atoms with E-state index in [1.165, 1.54) is 0 Å². The third-order valence-corrected chi connectivity index (χ3v) is 9.05. The summed E-state index contributed by atoms with van der Waals surface area (Å²) in [7, 11) is 3.57. The molecule has 0 aliphatic carbocycles. The first kappa shape index (κ1) is 32.6. The average Bonchev–Trinajstić information content (AvgIpc) is 3.81. The van der Waals surface area contributed by atoms with E-state index < -0.39 is 24.4 Å². The summed E-state index contributed by atoms with van der Waals surface area (Å²) in [5.74, 6) is -1.58. The fraction of sp³-hybridized carbons (Fsp3) is 0.353. The number of rotatable bonds is 12. The summed E-state index contributed by atoms with van der Waals surface area (Å²) in [6.45, 7) is 1.18. The number of aromatic nitrogens is 2. The van der Waals surface area contributed by atoms with Crippen LogP contribution in [0.5, 0.6) is 0 Å². The molecule has 2 aromatic carbocycles. The Morgan fingerprint density at radius 3 is 1.56 bits per heavy atom. The van der Waals surface area contributed by atoms with Crippen LogP contribution in [0.4, 0.5) is 9.59 Å². The zero-order valence-corrected chi connectivity index (χ0v) is 26.8. The highest BCUT2D eigenvalue weighted by atomic mass is 16.6. The van der Waals surface area contributed by atoms with Gasteiger partial charge in [0.1, 0.15) is 0 Å². The van der Waals surface area contributed by atoms with Crippen LogP contribution in [0.2, 0.25) is 0 Å². The van der Waals surface area contributed by atoms with Crippen LogP contribution in [0.15, 0.2) is 60.9 Å². The molecule has 2 aromatic heterocycles. The molecule has 4 aromatic rings. The topological polar surface area (TPSA) is 201 Å². The molecular formula is C34H40N8O6. The number of H-pyrrole nitrogens is 2. The van der Waals surface area contributed by atoms with E-state index in [2.05, 4.69) is 32.7 Å². The number of urea groups is 2. The molecule has 6 rings (SSSR count). The van der Waals surface area contributed by atoms with Gasteiger partial charge in [-0.2, -0.15) is 0 Å². The molecule has 4 unspecified atom stereocenters. The molecule has 2 fully saturated rings. The molecule has 2 saturated heterocycles. The lowest BCUT2D eigenvalue weighted by atomic mass is 10.0. The summed E-state index contributed by atoms with van der Waals surface area (Å²) < 4.78 is 10.6. The number of hydrogen-bond acceptors (Lipinski definition) is 8. The van der Waals surface area contributed by atoms with E-state index in [-0.39, 0.29) is 37.0 Å². The van der Waals surface area contributed by atoms with Crippen LogP contribution in [0.25, 0.3) is 21.8 Å². The van der Waals surface area contributed by atoms with Crippen molar-refractivity contribution in [2.45, 2.75) is 50.2 Å². The number of carbonyl (C=O) groups excluding carboxylic acids is 4. The molecule has 252 valence electrons. The number of esters is 2. The molecule has 4 atom stereocenters. The first-order valence-corrected chi connectivity index (χ1v) is 15.8. The fourth-order valence-corrected chi connectivity index (χ4v) is 6.30. The van der Waals surface area contributed by atoms with Crippen molar-refractivity contribution in [2.24, 2.45) is 11.5 Å². The molecule has 2 aliphatic heterocycles. The number of ether oxygens (including phenoxy) is 2. The smallest absolute Gasteiger partial charge is 0.332 e. The normalized spacial score (nSPS) is 19.2. The van der Waals surface area contributed by atoms with Gasteiger partial charge in [0.05, 0.1) is 12.1 Å². The summed E-state index contributed by atoms with van der Waals surface area (Å²) in [6.07, 6.45) is 5.57. The minimum Gasteiger partial charge on any atom is -0.443 e. The Hall–Kier alpha value is -5.34. The van der Waals surface area contributed by atoms with Crippen LogP contribution in [0, 0.1) is 0 Å². The lowest BCUT2D eigenvalue weighted by molar-refractivity contribution is -0.145. The number of carbonyl (C=O) groups is 4. The number of hydrogen-bond donors (Lipinski definition) is 6. The molecule has 48 heavy (non-hydrogen) atoms. The third kappa shape index (κ3) is 7.29. The summed E-state index contributed by atoms with van der Waals surface area (Å²) in [5.41, 5.74) is 18.0. The molecule has 2 aliphatic rings. The minimum atomic E-state index is -0.955. The SMILES string of the molecule is CN1C(=O)NCC1Cc1ccc2[nH]cc(CC(N)OC(=O)/C=C\C(=O)OC(N)Cc3c[nH]c4ccc(CC5CNC(=O)N5C)cc34)c2c1. The molecule has 0 saturated carbocycles. The Morgan fingerprint density at radius 1 is 0.771 bits per heavy atom. The van der Waals surface area contributed by atoms with Crippen molar-refractivity contribution in [3.63, 3.8) is 0 Å². The maximum Gasteiger partial charge on any atom is 0.332 e. The van der Waals surface area contributed by atoms with E-state index in [1.54, 1.807) is 23.9 Å². The number of nitrogens with one attached hydrogen (secondary N) is 4. The van der Waals surface area contributed by atoms with E-state index >= 15 is 0 Å². The highest BCUT2D eigenvalue weighted by Crippen LogP contribution is 2.24. The molecule has 4 amide bonds. The van der Waals surface area contributed by atoms with E-state index in [4.69, 9.17) is 20.9 Å². The lowest BCUT2D eigenvalue weighted by Gasteiger charge is -2.18. The van der Waals surface area contributed by atoms with Crippen molar-refractivity contribution >= 4 is 45.8 Å². The Morgan fingerprint density at radius 2 is 1.19 bits per heavy atom. The number of nitrogens with zero attached hydrogens (tertiary/aromatic N) is 2. The Kier molecular flexibility index (Phi) is 9.37. The Bertz CT molecular complexity index is 1750. The van der Waals surface area contributed by atoms with Crippen LogP contribution in [-0.4, -0.2) is 95.5 Å². The van der Waals surface area contributed by atoms with Gasteiger partial charge < -0.3 is 39.9 Å². The number of aromatic amines is 2. The average molecular weight is 657 g/mol. The molecule has 14 heteroatoms. The molecular weight excluding hydrogens is 616 g/mol. The predicted octanol–water partition coefficient (Wildman–Crippen LogP) is 1.78. The van der Waals surface area contributed by atoms with Gasteiger partial charge in [-0.15, -0.1) is 0 Å². The summed E-state index contributed by atoms with van der Waals surface area (Å²) in [5, 5.41) is 7.59. The van der Waals surface area contributed by atoms with E-state index in [0.29, 0.717) is 25.9 Å². The molecule has 0 spiro atoms. The van der Waals surface area contributed by atoms with Crippen molar-refractivity contribution in [3.05, 3.63) is 83.2 Å². The van der Waals surface area contributed by atoms with Crippen molar-refractivity contribution < 1.29 is 28.7 Å². The Labute approximate surface area is 276 Å². The first-order valence-electron chi connectivity index (χ1n) is 15.8. The fourth-order valence-electron chi connectivity index (χ4n) is 6.30. The standard InChI is InChI=1S/C34H40N8O6/c1-41-23(17-39-33(41)45)9-19-3-5-27-25(11-19)21(15-37-27)13-29(35)47-31(43)7-8-32(44)48-30(36)14-22-16-38-28-6-4-20(12-26(22)28)10-24-18-40-34(46)42(24)2/h3-8,11-12,15-16,23-24,29-30,37-38H,9-10,13-14,17-18,35-36H2,1-2H3,(H,39,45)(H,40,46)/b8-7-. The Balaban J connectivity index is 0.988. The van der Waals surface area contributed by atoms with Crippen molar-refractivity contribution in [1.82, 2.24) is 30.4 Å². The maximum atomic E-state index is 12.4. The van der Waals surface area contributed by atoms with Gasteiger partial charge in [-0.25, -0.2) is 19.2 Å². The zero-order valence-electron chi connectivity index (χ0n) is 26.8. The van der Waals surface area contributed by atoms with Gasteiger partial charge in [0.25, 0.3) is 0 Å². The zero-order chi connectivity index (χ0) is 33.9. The summed E-state index contributed by atoms with van der Waals surface area (Å²) >= 11 is 0. The van der Waals surface area contributed by atoms with Crippen LogP contribution in [-0.2, 0) is 44.7 Å². The quantitative estimate of drug-likeness (QED) is 0.0753. The lowest BCUT2D eigenvalue weighted by Crippen LogP contribution is -2.31. The van der Waals surface area contributed by atoms with Gasteiger partial charge in [-0.1, -0.05) is 12.1 Å². The van der Waals surface area contributed by atoms with E-state index in [9.17, 15) is 19.2 Å². The molecule has 4 heterocycles. The van der Waals surface area contributed by atoms with Crippen molar-refractivity contribution in [2.75, 3.05) is 27.2 Å². The van der Waals surface area contributed by atoms with E-state index in [1.807, 2.05) is 36.7 Å². The van der Waals surface area contributed by atoms with Gasteiger partial charge >= 0.3 is 24.0 Å². The van der Waals surface area contributed by atoms with Crippen LogP contribution in [0.3, 0.4) is 0 Å². The van der Waals surface area contributed by atoms with Crippen LogP contribution >= 0.6 is 0 Å². The predicted molar refractivity (Wildman–Crippen MR) is 179 cm³/mol. The van der Waals surface area contributed by atoms with Gasteiger partial charge in [-0.05, 0) is 59.4 Å². The van der Waals surface area contributed by atoms with Gasteiger partial charge in [0, 0.05) is 86.4 Å². The second-order valence-corrected chi connectivity index (χ2v) is 12.4. The molecule has 0 bridgehead atoms. The molecule has 8 N–H and O–H groups in total. The molecule has 0 radical (unpaired) electrons. The van der Waals surface area contributed by atoms with E-state index in [0.717, 1.165) is 56.2 Å². The summed E-state index contributed by atoms with van der Waals surface area (Å²) in [4.78, 5) is 58.3. The third-order valence-electron chi connectivity index (χ3n) is 9.05. The highest BCUT2D eigenvalue weighted by Gasteiger charge is 2.28. The number of nitrogens with two attached hydrogens (primary N) is 2. The number of amides is 4. The van der Waals surface area contributed by atoms with Gasteiger partial charge in [-0.3, -0.25) is 11.5 Å². The van der Waals surface area contributed by atoms with Crippen LogP contribution in [0.1, 0.15) is 22.3 Å². The monoisotopic (exact) mass is 656 g/mol. The van der Waals surface area contributed by atoms with Crippen molar-refractivity contribution in [3.8, 4) is 0 Å². The highest BCUT2D eigenvalue weighted by molar-refractivity contribution is 5.92.